The van der Waals surface area contributed by atoms with Crippen molar-refractivity contribution in [2.24, 2.45) is 0 Å². The molecule has 0 aliphatic carbocycles. The van der Waals surface area contributed by atoms with Crippen LogP contribution in [0.2, 0.25) is 0 Å². The molecule has 0 N–H and O–H groups in total. The van der Waals surface area contributed by atoms with Crippen molar-refractivity contribution >= 4 is 17.7 Å². The van der Waals surface area contributed by atoms with Gasteiger partial charge in [-0.05, 0) is 36.4 Å². The monoisotopic (exact) mass is 307 g/mol. The summed E-state index contributed by atoms with van der Waals surface area (Å²) in [5.41, 5.74) is 0.251. The van der Waals surface area contributed by atoms with Gasteiger partial charge in [-0.1, -0.05) is 18.2 Å². The zero-order chi connectivity index (χ0) is 14.8. The van der Waals surface area contributed by atoms with Crippen molar-refractivity contribution in [2.75, 3.05) is 0 Å². The van der Waals surface area contributed by atoms with E-state index in [-0.39, 0.29) is 15.4 Å². The fraction of sp³-hybridized carbons (Fsp3) is 0. The van der Waals surface area contributed by atoms with E-state index >= 15 is 0 Å². The van der Waals surface area contributed by atoms with Crippen LogP contribution in [0.15, 0.2) is 64.4 Å². The van der Waals surface area contributed by atoms with Crippen LogP contribution in [0.5, 0.6) is 0 Å². The van der Waals surface area contributed by atoms with Gasteiger partial charge in [0.15, 0.2) is 0 Å². The van der Waals surface area contributed by atoms with Gasteiger partial charge in [-0.2, -0.15) is 5.26 Å². The number of hydrogen-bond acceptors (Lipinski definition) is 5. The van der Waals surface area contributed by atoms with E-state index in [1.54, 1.807) is 6.07 Å². The second-order valence-corrected chi connectivity index (χ2v) is 9.25. The molecular weight excluding hydrogens is 298 g/mol. The highest BCUT2D eigenvalue weighted by Crippen LogP contribution is 2.24. The average molecular weight is 307 g/mol. The Morgan fingerprint density at radius 3 is 1.60 bits per heavy atom. The molecule has 0 saturated heterocycles. The van der Waals surface area contributed by atoms with E-state index in [9.17, 15) is 16.8 Å². The van der Waals surface area contributed by atoms with Crippen LogP contribution in [-0.4, -0.2) is 16.8 Å². The highest BCUT2D eigenvalue weighted by molar-refractivity contribution is 8.67. The van der Waals surface area contributed by atoms with Crippen molar-refractivity contribution in [2.45, 2.75) is 9.79 Å². The third-order valence-electron chi connectivity index (χ3n) is 2.59. The minimum absolute atomic E-state index is 0.251. The van der Waals surface area contributed by atoms with E-state index in [4.69, 9.17) is 5.26 Å². The van der Waals surface area contributed by atoms with Crippen molar-refractivity contribution in [1.82, 2.24) is 0 Å². The number of hydrogen-bond donors (Lipinski definition) is 0. The van der Waals surface area contributed by atoms with E-state index in [0.717, 1.165) is 12.1 Å². The molecule has 20 heavy (non-hydrogen) atoms. The lowest BCUT2D eigenvalue weighted by molar-refractivity contribution is 0.582. The van der Waals surface area contributed by atoms with E-state index in [1.165, 1.54) is 36.4 Å². The predicted octanol–water partition coefficient (Wildman–Crippen LogP) is 1.72. The molecule has 2 aromatic carbocycles. The molecule has 0 amide bonds. The van der Waals surface area contributed by atoms with Crippen molar-refractivity contribution < 1.29 is 16.8 Å². The van der Waals surface area contributed by atoms with Gasteiger partial charge in [-0.3, -0.25) is 0 Å². The molecule has 7 heteroatoms. The van der Waals surface area contributed by atoms with Crippen LogP contribution in [-0.2, 0) is 17.7 Å². The maximum atomic E-state index is 12.2. The largest absolute Gasteiger partial charge is 0.286 e. The number of rotatable bonds is 3. The van der Waals surface area contributed by atoms with E-state index in [0.29, 0.717) is 0 Å². The normalized spacial score (nSPS) is 11.8. The van der Waals surface area contributed by atoms with Crippen LogP contribution in [0.25, 0.3) is 0 Å². The third-order valence-corrected chi connectivity index (χ3v) is 7.76. The van der Waals surface area contributed by atoms with Crippen LogP contribution in [0.4, 0.5) is 0 Å². The summed E-state index contributed by atoms with van der Waals surface area (Å²) in [6, 6.07) is 13.5. The molecule has 102 valence electrons. The SMILES string of the molecule is N#Cc1ccc(S(=O)(=O)S(=O)(=O)c2ccccc2)cc1. The first-order valence-electron chi connectivity index (χ1n) is 5.45. The molecule has 5 nitrogen and oxygen atoms in total. The van der Waals surface area contributed by atoms with Crippen molar-refractivity contribution in [3.8, 4) is 6.07 Å². The Morgan fingerprint density at radius 1 is 0.700 bits per heavy atom. The smallest absolute Gasteiger partial charge is 0.207 e. The molecule has 0 aliphatic rings. The van der Waals surface area contributed by atoms with Gasteiger partial charge in [0, 0.05) is 0 Å². The van der Waals surface area contributed by atoms with Crippen LogP contribution in [0, 0.1) is 11.3 Å². The predicted molar refractivity (Wildman–Crippen MR) is 72.0 cm³/mol. The van der Waals surface area contributed by atoms with Gasteiger partial charge < -0.3 is 0 Å². The molecule has 0 radical (unpaired) electrons. The van der Waals surface area contributed by atoms with Gasteiger partial charge in [0.2, 0.25) is 0 Å². The lowest BCUT2D eigenvalue weighted by Gasteiger charge is -2.06. The quantitative estimate of drug-likeness (QED) is 0.805. The molecule has 2 aromatic rings. The van der Waals surface area contributed by atoms with Crippen molar-refractivity contribution in [3.05, 3.63) is 60.2 Å². The van der Waals surface area contributed by atoms with Gasteiger partial charge >= 0.3 is 0 Å². The lowest BCUT2D eigenvalue weighted by Crippen LogP contribution is -2.16. The summed E-state index contributed by atoms with van der Waals surface area (Å²) in [4.78, 5) is -0.648. The van der Waals surface area contributed by atoms with Gasteiger partial charge in [0.1, 0.15) is 0 Å². The Morgan fingerprint density at radius 2 is 1.15 bits per heavy atom. The van der Waals surface area contributed by atoms with Crippen LogP contribution in [0.3, 0.4) is 0 Å². The van der Waals surface area contributed by atoms with Gasteiger partial charge in [-0.25, -0.2) is 16.8 Å². The lowest BCUT2D eigenvalue weighted by atomic mass is 10.2. The van der Waals surface area contributed by atoms with Gasteiger partial charge in [0.25, 0.3) is 17.7 Å². The maximum Gasteiger partial charge on any atom is 0.286 e. The number of nitrogens with zero attached hydrogens (tertiary/aromatic N) is 1. The third kappa shape index (κ3) is 2.31. The van der Waals surface area contributed by atoms with Crippen molar-refractivity contribution in [3.63, 3.8) is 0 Å². The van der Waals surface area contributed by atoms with Crippen LogP contribution < -0.4 is 0 Å². The Hall–Kier alpha value is -2.17. The number of nitriles is 1. The minimum Gasteiger partial charge on any atom is -0.207 e. The topological polar surface area (TPSA) is 92.1 Å². The highest BCUT2D eigenvalue weighted by atomic mass is 33.2. The Balaban J connectivity index is 2.58. The first-order chi connectivity index (χ1) is 9.39. The summed E-state index contributed by atoms with van der Waals surface area (Å²) in [5, 5.41) is 8.65. The molecule has 0 saturated carbocycles. The first-order valence-corrected chi connectivity index (χ1v) is 8.93. The van der Waals surface area contributed by atoms with Crippen LogP contribution >= 0.6 is 0 Å². The summed E-state index contributed by atoms with van der Waals surface area (Å²) >= 11 is 0. The molecule has 0 aliphatic heterocycles. The summed E-state index contributed by atoms with van der Waals surface area (Å²) < 4.78 is 48.7. The van der Waals surface area contributed by atoms with E-state index in [1.807, 2.05) is 6.07 Å². The zero-order valence-electron chi connectivity index (χ0n) is 10.1. The first kappa shape index (κ1) is 14.2. The Bertz CT molecular complexity index is 862. The second-order valence-electron chi connectivity index (χ2n) is 3.86. The summed E-state index contributed by atoms with van der Waals surface area (Å²) in [6.07, 6.45) is 0. The zero-order valence-corrected chi connectivity index (χ0v) is 11.7. The molecule has 2 rings (SSSR count). The number of benzene rings is 2. The highest BCUT2D eigenvalue weighted by Gasteiger charge is 2.33. The van der Waals surface area contributed by atoms with E-state index < -0.39 is 17.7 Å². The molecular formula is C13H9NO4S2. The summed E-state index contributed by atoms with van der Waals surface area (Å²) in [6.45, 7) is 0. The Labute approximate surface area is 116 Å². The summed E-state index contributed by atoms with van der Waals surface area (Å²) in [7, 11) is -9.08. The Kier molecular flexibility index (Phi) is 3.61. The molecule has 0 heterocycles. The van der Waals surface area contributed by atoms with Crippen LogP contribution in [0.1, 0.15) is 5.56 Å². The fourth-order valence-electron chi connectivity index (χ4n) is 1.54. The van der Waals surface area contributed by atoms with Gasteiger partial charge in [-0.15, -0.1) is 0 Å². The second kappa shape index (κ2) is 5.07. The molecule has 0 unspecified atom stereocenters. The van der Waals surface area contributed by atoms with E-state index in [2.05, 4.69) is 0 Å². The molecule has 0 aromatic heterocycles. The fourth-order valence-corrected chi connectivity index (χ4v) is 5.19. The molecule has 0 atom stereocenters. The molecule has 0 fully saturated rings. The van der Waals surface area contributed by atoms with Crippen molar-refractivity contribution in [1.29, 1.82) is 5.26 Å². The molecule has 0 bridgehead atoms. The maximum absolute atomic E-state index is 12.2. The van der Waals surface area contributed by atoms with Gasteiger partial charge in [0.05, 0.1) is 21.4 Å². The minimum atomic E-state index is -4.55. The molecule has 0 spiro atoms. The summed E-state index contributed by atoms with van der Waals surface area (Å²) in [5.74, 6) is 0. The standard InChI is InChI=1S/C13H9NO4S2/c14-10-11-6-8-13(9-7-11)20(17,18)19(15,16)12-4-2-1-3-5-12/h1-9H. The average Bonchev–Trinajstić information content (AvgIpc) is 2.48.